The second-order valence-corrected chi connectivity index (χ2v) is 6.07. The average Bonchev–Trinajstić information content (AvgIpc) is 2.67. The van der Waals surface area contributed by atoms with E-state index in [1.54, 1.807) is 0 Å². The Kier molecular flexibility index (Phi) is 8.87. The van der Waals surface area contributed by atoms with E-state index in [1.165, 1.54) is 6.42 Å². The van der Waals surface area contributed by atoms with Gasteiger partial charge in [-0.25, -0.2) is 0 Å². The molecule has 0 fully saturated rings. The molecule has 0 spiro atoms. The third-order valence-electron chi connectivity index (χ3n) is 4.04. The van der Waals surface area contributed by atoms with Crippen molar-refractivity contribution in [3.8, 4) is 11.5 Å². The van der Waals surface area contributed by atoms with E-state index in [0.717, 1.165) is 61.5 Å². The normalized spacial score (nSPS) is 10.6. The molecule has 0 heterocycles. The number of aliphatic hydroxyl groups is 2. The van der Waals surface area contributed by atoms with Gasteiger partial charge in [0.25, 0.3) is 0 Å². The molecule has 2 N–H and O–H groups in total. The molecule has 0 saturated heterocycles. The summed E-state index contributed by atoms with van der Waals surface area (Å²) >= 11 is 0. The summed E-state index contributed by atoms with van der Waals surface area (Å²) in [5.41, 5.74) is 1.80. The van der Waals surface area contributed by atoms with E-state index >= 15 is 0 Å². The summed E-state index contributed by atoms with van der Waals surface area (Å²) in [5.74, 6) is 1.72. The van der Waals surface area contributed by atoms with Crippen molar-refractivity contribution >= 4 is 0 Å². The third kappa shape index (κ3) is 7.59. The summed E-state index contributed by atoms with van der Waals surface area (Å²) in [6.07, 6.45) is 5.58. The van der Waals surface area contributed by atoms with Gasteiger partial charge in [0.2, 0.25) is 0 Å². The van der Waals surface area contributed by atoms with Gasteiger partial charge in [-0.3, -0.25) is 0 Å². The summed E-state index contributed by atoms with van der Waals surface area (Å²) in [4.78, 5) is 0. The molecule has 0 unspecified atom stereocenters. The molecule has 0 aliphatic rings. The molecule has 2 aromatic rings. The maximum atomic E-state index is 8.99. The summed E-state index contributed by atoms with van der Waals surface area (Å²) in [6.45, 7) is 1.59. The fourth-order valence-corrected chi connectivity index (χ4v) is 2.50. The summed E-state index contributed by atoms with van der Waals surface area (Å²) < 4.78 is 11.4. The van der Waals surface area contributed by atoms with Gasteiger partial charge in [0.05, 0.1) is 26.4 Å². The Labute approximate surface area is 150 Å². The molecule has 4 nitrogen and oxygen atoms in total. The van der Waals surface area contributed by atoms with Crippen LogP contribution in [-0.4, -0.2) is 23.4 Å². The number of rotatable bonds is 12. The van der Waals surface area contributed by atoms with E-state index in [9.17, 15) is 0 Å². The van der Waals surface area contributed by atoms with Crippen LogP contribution in [0.2, 0.25) is 0 Å². The molecule has 136 valence electrons. The van der Waals surface area contributed by atoms with Crippen LogP contribution in [0.4, 0.5) is 0 Å². The largest absolute Gasteiger partial charge is 0.494 e. The first-order chi connectivity index (χ1) is 12.3. The SMILES string of the molecule is OCc1ccc(OCCCCCCCOc2ccc(CO)cc2)cc1. The molecule has 0 amide bonds. The van der Waals surface area contributed by atoms with Crippen molar-refractivity contribution in [1.82, 2.24) is 0 Å². The number of hydrogen-bond donors (Lipinski definition) is 2. The van der Waals surface area contributed by atoms with Crippen LogP contribution in [0.25, 0.3) is 0 Å². The first-order valence-corrected chi connectivity index (χ1v) is 8.97. The number of benzene rings is 2. The number of aliphatic hydroxyl groups excluding tert-OH is 2. The molecule has 0 aliphatic carbocycles. The van der Waals surface area contributed by atoms with E-state index in [4.69, 9.17) is 19.7 Å². The molecule has 0 saturated carbocycles. The van der Waals surface area contributed by atoms with Crippen LogP contribution in [0.15, 0.2) is 48.5 Å². The molecule has 0 aromatic heterocycles. The molecule has 25 heavy (non-hydrogen) atoms. The van der Waals surface area contributed by atoms with Gasteiger partial charge in [0.1, 0.15) is 11.5 Å². The fourth-order valence-electron chi connectivity index (χ4n) is 2.50. The standard InChI is InChI=1S/C21H28O4/c22-16-18-6-10-20(11-7-18)24-14-4-2-1-3-5-15-25-21-12-8-19(17-23)9-13-21/h6-13,22-23H,1-5,14-17H2. The fraction of sp³-hybridized carbons (Fsp3) is 0.429. The van der Waals surface area contributed by atoms with E-state index in [1.807, 2.05) is 48.5 Å². The van der Waals surface area contributed by atoms with Crippen LogP contribution in [-0.2, 0) is 13.2 Å². The van der Waals surface area contributed by atoms with Crippen molar-refractivity contribution in [2.45, 2.75) is 45.3 Å². The third-order valence-corrected chi connectivity index (χ3v) is 4.04. The minimum Gasteiger partial charge on any atom is -0.494 e. The van der Waals surface area contributed by atoms with Crippen molar-refractivity contribution in [1.29, 1.82) is 0 Å². The molecule has 4 heteroatoms. The topological polar surface area (TPSA) is 58.9 Å². The van der Waals surface area contributed by atoms with Gasteiger partial charge in [-0.15, -0.1) is 0 Å². The molecule has 2 aromatic carbocycles. The van der Waals surface area contributed by atoms with E-state index in [2.05, 4.69) is 0 Å². The number of hydrogen-bond acceptors (Lipinski definition) is 4. The molecule has 0 aliphatic heterocycles. The minimum atomic E-state index is 0.0674. The van der Waals surface area contributed by atoms with Crippen molar-refractivity contribution < 1.29 is 19.7 Å². The van der Waals surface area contributed by atoms with Crippen LogP contribution in [0.5, 0.6) is 11.5 Å². The van der Waals surface area contributed by atoms with Gasteiger partial charge in [-0.1, -0.05) is 43.5 Å². The summed E-state index contributed by atoms with van der Waals surface area (Å²) in [7, 11) is 0. The van der Waals surface area contributed by atoms with Gasteiger partial charge in [-0.05, 0) is 48.2 Å². The van der Waals surface area contributed by atoms with Crippen LogP contribution in [0.3, 0.4) is 0 Å². The predicted octanol–water partition coefficient (Wildman–Crippen LogP) is 4.08. The van der Waals surface area contributed by atoms with Gasteiger partial charge in [0.15, 0.2) is 0 Å². The van der Waals surface area contributed by atoms with Gasteiger partial charge < -0.3 is 19.7 Å². The Hall–Kier alpha value is -2.04. The zero-order chi connectivity index (χ0) is 17.7. The van der Waals surface area contributed by atoms with Gasteiger partial charge in [0, 0.05) is 0 Å². The Bertz CT molecular complexity index is 524. The molecule has 0 radical (unpaired) electrons. The number of unbranched alkanes of at least 4 members (excludes halogenated alkanes) is 4. The highest BCUT2D eigenvalue weighted by atomic mass is 16.5. The Morgan fingerprint density at radius 1 is 0.520 bits per heavy atom. The van der Waals surface area contributed by atoms with E-state index in [-0.39, 0.29) is 13.2 Å². The number of ether oxygens (including phenoxy) is 2. The summed E-state index contributed by atoms with van der Waals surface area (Å²) in [5, 5.41) is 18.0. The lowest BCUT2D eigenvalue weighted by Gasteiger charge is -2.08. The van der Waals surface area contributed by atoms with Gasteiger partial charge >= 0.3 is 0 Å². The first-order valence-electron chi connectivity index (χ1n) is 8.97. The highest BCUT2D eigenvalue weighted by molar-refractivity contribution is 5.27. The molecule has 0 atom stereocenters. The highest BCUT2D eigenvalue weighted by Crippen LogP contribution is 2.14. The van der Waals surface area contributed by atoms with Crippen molar-refractivity contribution in [2.75, 3.05) is 13.2 Å². The first kappa shape index (κ1) is 19.3. The second-order valence-electron chi connectivity index (χ2n) is 6.07. The maximum Gasteiger partial charge on any atom is 0.119 e. The smallest absolute Gasteiger partial charge is 0.119 e. The van der Waals surface area contributed by atoms with E-state index < -0.39 is 0 Å². The van der Waals surface area contributed by atoms with Crippen LogP contribution in [0, 0.1) is 0 Å². The quantitative estimate of drug-likeness (QED) is 0.570. The lowest BCUT2D eigenvalue weighted by molar-refractivity contribution is 0.280. The average molecular weight is 344 g/mol. The maximum absolute atomic E-state index is 8.99. The Morgan fingerprint density at radius 2 is 0.880 bits per heavy atom. The summed E-state index contributed by atoms with van der Waals surface area (Å²) in [6, 6.07) is 15.1. The molecular weight excluding hydrogens is 316 g/mol. The second kappa shape index (κ2) is 11.5. The lowest BCUT2D eigenvalue weighted by atomic mass is 10.1. The predicted molar refractivity (Wildman–Crippen MR) is 98.8 cm³/mol. The molecule has 0 bridgehead atoms. The van der Waals surface area contributed by atoms with Crippen molar-refractivity contribution in [3.63, 3.8) is 0 Å². The van der Waals surface area contributed by atoms with Crippen molar-refractivity contribution in [3.05, 3.63) is 59.7 Å². The zero-order valence-electron chi connectivity index (χ0n) is 14.7. The monoisotopic (exact) mass is 344 g/mol. The van der Waals surface area contributed by atoms with E-state index in [0.29, 0.717) is 0 Å². The Morgan fingerprint density at radius 3 is 1.24 bits per heavy atom. The van der Waals surface area contributed by atoms with Crippen LogP contribution >= 0.6 is 0 Å². The molecular formula is C21H28O4. The van der Waals surface area contributed by atoms with Crippen molar-refractivity contribution in [2.24, 2.45) is 0 Å². The Balaban J connectivity index is 1.45. The highest BCUT2D eigenvalue weighted by Gasteiger charge is 1.97. The zero-order valence-corrected chi connectivity index (χ0v) is 14.7. The van der Waals surface area contributed by atoms with Gasteiger partial charge in [-0.2, -0.15) is 0 Å². The minimum absolute atomic E-state index is 0.0674. The van der Waals surface area contributed by atoms with Crippen LogP contribution in [0.1, 0.15) is 43.2 Å². The molecule has 2 rings (SSSR count). The lowest BCUT2D eigenvalue weighted by Crippen LogP contribution is -1.99. The van der Waals surface area contributed by atoms with Crippen LogP contribution < -0.4 is 9.47 Å².